The summed E-state index contributed by atoms with van der Waals surface area (Å²) in [6.07, 6.45) is 0.700. The molecule has 2 N–H and O–H groups in total. The van der Waals surface area contributed by atoms with Gasteiger partial charge in [0.15, 0.2) is 0 Å². The molecular weight excluding hydrogens is 404 g/mol. The summed E-state index contributed by atoms with van der Waals surface area (Å²) in [5.41, 5.74) is 4.90. The van der Waals surface area contributed by atoms with Crippen molar-refractivity contribution in [3.63, 3.8) is 0 Å². The summed E-state index contributed by atoms with van der Waals surface area (Å²) in [4.78, 5) is 31.2. The molecule has 1 aromatic heterocycles. The summed E-state index contributed by atoms with van der Waals surface area (Å²) < 4.78 is 5.39. The zero-order valence-corrected chi connectivity index (χ0v) is 19.1. The lowest BCUT2D eigenvalue weighted by atomic mass is 9.91. The highest BCUT2D eigenvalue weighted by Gasteiger charge is 2.47. The fourth-order valence-electron chi connectivity index (χ4n) is 4.71. The topological polar surface area (TPSA) is 82.6 Å². The Morgan fingerprint density at radius 2 is 1.84 bits per heavy atom. The third-order valence-electron chi connectivity index (χ3n) is 6.22. The van der Waals surface area contributed by atoms with Gasteiger partial charge < -0.3 is 19.7 Å². The largest absolute Gasteiger partial charge is 0.507 e. The van der Waals surface area contributed by atoms with Gasteiger partial charge in [-0.15, -0.1) is 0 Å². The highest BCUT2D eigenvalue weighted by molar-refractivity contribution is 6.46. The molecule has 32 heavy (non-hydrogen) atoms. The van der Waals surface area contributed by atoms with E-state index in [4.69, 9.17) is 4.74 Å². The molecule has 6 heteroatoms. The van der Waals surface area contributed by atoms with Crippen LogP contribution in [0.25, 0.3) is 16.7 Å². The number of hydrogen-bond donors (Lipinski definition) is 2. The number of benzene rings is 2. The predicted octanol–water partition coefficient (Wildman–Crippen LogP) is 4.93. The number of methoxy groups -OCH3 is 1. The highest BCUT2D eigenvalue weighted by Crippen LogP contribution is 2.44. The molecule has 2 heterocycles. The first-order valence-corrected chi connectivity index (χ1v) is 10.8. The van der Waals surface area contributed by atoms with E-state index in [1.807, 2.05) is 58.0 Å². The number of H-pyrrole nitrogens is 1. The van der Waals surface area contributed by atoms with E-state index in [2.05, 4.69) is 4.98 Å². The molecule has 3 aromatic rings. The third kappa shape index (κ3) is 3.27. The van der Waals surface area contributed by atoms with Crippen LogP contribution in [0.15, 0.2) is 42.0 Å². The van der Waals surface area contributed by atoms with Crippen molar-refractivity contribution in [3.05, 3.63) is 69.9 Å². The molecule has 0 radical (unpaired) electrons. The highest BCUT2D eigenvalue weighted by atomic mass is 16.5. The SMILES string of the molecule is CCCN1C(=O)C(=O)/C(=C(/O)c2cc(C)c(OC)cc2C)C1c1c(C)[nH]c2ccccc12. The lowest BCUT2D eigenvalue weighted by molar-refractivity contribution is -0.139. The van der Waals surface area contributed by atoms with Crippen LogP contribution < -0.4 is 4.74 Å². The molecule has 1 saturated heterocycles. The van der Waals surface area contributed by atoms with Crippen LogP contribution in [0, 0.1) is 20.8 Å². The lowest BCUT2D eigenvalue weighted by Crippen LogP contribution is -2.30. The van der Waals surface area contributed by atoms with Crippen molar-refractivity contribution in [2.75, 3.05) is 13.7 Å². The van der Waals surface area contributed by atoms with E-state index in [9.17, 15) is 14.7 Å². The van der Waals surface area contributed by atoms with Gasteiger partial charge in [-0.1, -0.05) is 25.1 Å². The molecule has 1 unspecified atom stereocenters. The van der Waals surface area contributed by atoms with Gasteiger partial charge in [0.25, 0.3) is 11.7 Å². The Balaban J connectivity index is 2.01. The van der Waals surface area contributed by atoms with Crippen LogP contribution in [0.1, 0.15) is 47.3 Å². The molecule has 1 amide bonds. The van der Waals surface area contributed by atoms with Gasteiger partial charge in [0.05, 0.1) is 18.7 Å². The van der Waals surface area contributed by atoms with Crippen LogP contribution in [0.4, 0.5) is 0 Å². The molecule has 6 nitrogen and oxygen atoms in total. The number of likely N-dealkylation sites (tertiary alicyclic amines) is 1. The Hall–Kier alpha value is -3.54. The van der Waals surface area contributed by atoms with E-state index in [-0.39, 0.29) is 11.3 Å². The third-order valence-corrected chi connectivity index (χ3v) is 6.22. The maximum absolute atomic E-state index is 13.2. The predicted molar refractivity (Wildman–Crippen MR) is 125 cm³/mol. The average molecular weight is 433 g/mol. The van der Waals surface area contributed by atoms with E-state index in [0.717, 1.165) is 33.3 Å². The maximum Gasteiger partial charge on any atom is 0.295 e. The molecule has 166 valence electrons. The van der Waals surface area contributed by atoms with Crippen molar-refractivity contribution in [3.8, 4) is 5.75 Å². The number of nitrogens with one attached hydrogen (secondary N) is 1. The lowest BCUT2D eigenvalue weighted by Gasteiger charge is -2.25. The van der Waals surface area contributed by atoms with Crippen LogP contribution in [-0.4, -0.2) is 40.3 Å². The monoisotopic (exact) mass is 432 g/mol. The van der Waals surface area contributed by atoms with Gasteiger partial charge in [-0.25, -0.2) is 0 Å². The van der Waals surface area contributed by atoms with E-state index >= 15 is 0 Å². The minimum absolute atomic E-state index is 0.129. The number of rotatable bonds is 5. The first-order valence-electron chi connectivity index (χ1n) is 10.8. The maximum atomic E-state index is 13.2. The molecule has 1 aliphatic rings. The minimum atomic E-state index is -0.659. The van der Waals surface area contributed by atoms with Gasteiger partial charge in [-0.2, -0.15) is 0 Å². The number of aromatic nitrogens is 1. The van der Waals surface area contributed by atoms with Crippen molar-refractivity contribution in [1.82, 2.24) is 9.88 Å². The van der Waals surface area contributed by atoms with Gasteiger partial charge in [-0.05, 0) is 56.5 Å². The second-order valence-electron chi connectivity index (χ2n) is 8.34. The van der Waals surface area contributed by atoms with Crippen LogP contribution in [0.5, 0.6) is 5.75 Å². The molecule has 1 atom stereocenters. The number of para-hydroxylation sites is 1. The van der Waals surface area contributed by atoms with Gasteiger partial charge >= 0.3 is 0 Å². The number of aliphatic hydroxyl groups is 1. The molecule has 0 aliphatic carbocycles. The molecular formula is C26H28N2O4. The summed E-state index contributed by atoms with van der Waals surface area (Å²) in [5, 5.41) is 12.4. The number of fused-ring (bicyclic) bond motifs is 1. The summed E-state index contributed by atoms with van der Waals surface area (Å²) in [6, 6.07) is 10.8. The van der Waals surface area contributed by atoms with Crippen LogP contribution in [0.3, 0.4) is 0 Å². The second kappa shape index (κ2) is 8.19. The Morgan fingerprint density at radius 1 is 1.12 bits per heavy atom. The van der Waals surface area contributed by atoms with Gasteiger partial charge in [0.2, 0.25) is 0 Å². The number of hydrogen-bond acceptors (Lipinski definition) is 4. The number of aryl methyl sites for hydroxylation is 3. The van der Waals surface area contributed by atoms with Gasteiger partial charge in [0.1, 0.15) is 11.5 Å². The number of carbonyl (C=O) groups is 2. The smallest absolute Gasteiger partial charge is 0.295 e. The summed E-state index contributed by atoms with van der Waals surface area (Å²) in [5.74, 6) is -0.682. The van der Waals surface area contributed by atoms with Crippen molar-refractivity contribution >= 4 is 28.4 Å². The van der Waals surface area contributed by atoms with Crippen molar-refractivity contribution in [2.24, 2.45) is 0 Å². The quantitative estimate of drug-likeness (QED) is 0.340. The van der Waals surface area contributed by atoms with Crippen molar-refractivity contribution < 1.29 is 19.4 Å². The summed E-state index contributed by atoms with van der Waals surface area (Å²) >= 11 is 0. The Labute approximate surface area is 187 Å². The Morgan fingerprint density at radius 3 is 2.53 bits per heavy atom. The molecule has 2 aromatic carbocycles. The molecule has 1 aliphatic heterocycles. The number of nitrogens with zero attached hydrogens (tertiary/aromatic N) is 1. The van der Waals surface area contributed by atoms with Crippen LogP contribution in [-0.2, 0) is 9.59 Å². The molecule has 0 bridgehead atoms. The zero-order chi connectivity index (χ0) is 23.2. The van der Waals surface area contributed by atoms with E-state index in [1.54, 1.807) is 18.1 Å². The number of carbonyl (C=O) groups excluding carboxylic acids is 2. The number of aliphatic hydroxyl groups excluding tert-OH is 1. The van der Waals surface area contributed by atoms with Crippen LogP contribution >= 0.6 is 0 Å². The standard InChI is InChI=1S/C26H28N2O4/c1-6-11-28-23(21-16(4)27-19-10-8-7-9-17(19)21)22(25(30)26(28)31)24(29)18-12-15(3)20(32-5)13-14(18)2/h7-10,12-13,23,27,29H,6,11H2,1-5H3/b24-22+. The molecule has 1 fully saturated rings. The second-order valence-corrected chi connectivity index (χ2v) is 8.34. The van der Waals surface area contributed by atoms with Gasteiger partial charge in [0, 0.05) is 34.3 Å². The van der Waals surface area contributed by atoms with Crippen molar-refractivity contribution in [1.29, 1.82) is 0 Å². The van der Waals surface area contributed by atoms with Crippen molar-refractivity contribution in [2.45, 2.75) is 40.2 Å². The molecule has 0 spiro atoms. The van der Waals surface area contributed by atoms with E-state index in [0.29, 0.717) is 24.3 Å². The number of Topliss-reactive ketones (excluding diaryl/α,β-unsaturated/α-hetero) is 1. The number of aromatic amines is 1. The fourth-order valence-corrected chi connectivity index (χ4v) is 4.71. The number of ether oxygens (including phenoxy) is 1. The first kappa shape index (κ1) is 21.7. The van der Waals surface area contributed by atoms with Gasteiger partial charge in [-0.3, -0.25) is 9.59 Å². The summed E-state index contributed by atoms with van der Waals surface area (Å²) in [7, 11) is 1.59. The summed E-state index contributed by atoms with van der Waals surface area (Å²) in [6.45, 7) is 8.06. The van der Waals surface area contributed by atoms with Crippen LogP contribution in [0.2, 0.25) is 0 Å². The molecule has 0 saturated carbocycles. The Bertz CT molecular complexity index is 1270. The average Bonchev–Trinajstić information content (AvgIpc) is 3.22. The van der Waals surface area contributed by atoms with E-state index in [1.165, 1.54) is 0 Å². The normalized spacial score (nSPS) is 18.0. The minimum Gasteiger partial charge on any atom is -0.507 e. The zero-order valence-electron chi connectivity index (χ0n) is 19.1. The Kier molecular flexibility index (Phi) is 5.55. The molecule has 4 rings (SSSR count). The number of amides is 1. The first-order chi connectivity index (χ1) is 15.3. The van der Waals surface area contributed by atoms with E-state index < -0.39 is 17.7 Å². The number of ketones is 1. The fraction of sp³-hybridized carbons (Fsp3) is 0.308.